The number of carbonyl (C=O) groups excluding carboxylic acids is 2. The van der Waals surface area contributed by atoms with Gasteiger partial charge in [0.25, 0.3) is 0 Å². The van der Waals surface area contributed by atoms with Crippen molar-refractivity contribution in [3.8, 4) is 0 Å². The van der Waals surface area contributed by atoms with Crippen molar-refractivity contribution in [2.24, 2.45) is 0 Å². The molecule has 0 saturated carbocycles. The monoisotopic (exact) mass is 336 g/mol. The Morgan fingerprint density at radius 3 is 2.39 bits per heavy atom. The van der Waals surface area contributed by atoms with Crippen LogP contribution in [0.25, 0.3) is 0 Å². The zero-order valence-corrected chi connectivity index (χ0v) is 12.7. The van der Waals surface area contributed by atoms with Crippen LogP contribution >= 0.6 is 11.6 Å². The molecule has 1 atom stereocenters. The van der Waals surface area contributed by atoms with E-state index in [1.54, 1.807) is 24.3 Å². The molecule has 0 radical (unpaired) electrons. The van der Waals surface area contributed by atoms with Crippen LogP contribution in [-0.4, -0.2) is 23.5 Å². The van der Waals surface area contributed by atoms with E-state index >= 15 is 0 Å². The first-order valence-electron chi connectivity index (χ1n) is 6.74. The highest BCUT2D eigenvalue weighted by Crippen LogP contribution is 2.21. The molecule has 2 amide bonds. The molecule has 0 aliphatic rings. The van der Waals surface area contributed by atoms with E-state index in [2.05, 4.69) is 10.6 Å². The van der Waals surface area contributed by atoms with Crippen molar-refractivity contribution in [1.82, 2.24) is 5.32 Å². The van der Waals surface area contributed by atoms with Crippen molar-refractivity contribution in [2.75, 3.05) is 11.9 Å². The number of halogens is 2. The van der Waals surface area contributed by atoms with Crippen molar-refractivity contribution in [2.45, 2.75) is 6.10 Å². The predicted octanol–water partition coefficient (Wildman–Crippen LogP) is 2.27. The lowest BCUT2D eigenvalue weighted by Gasteiger charge is -2.13. The summed E-state index contributed by atoms with van der Waals surface area (Å²) in [5, 5.41) is 15.0. The number of anilines is 1. The van der Waals surface area contributed by atoms with Gasteiger partial charge in [0.15, 0.2) is 0 Å². The Bertz CT molecular complexity index is 707. The Labute approximate surface area is 137 Å². The van der Waals surface area contributed by atoms with Gasteiger partial charge >= 0.3 is 11.8 Å². The largest absolute Gasteiger partial charge is 0.387 e. The van der Waals surface area contributed by atoms with Crippen molar-refractivity contribution in [1.29, 1.82) is 0 Å². The average molecular weight is 337 g/mol. The van der Waals surface area contributed by atoms with E-state index in [1.165, 1.54) is 12.1 Å². The molecule has 0 spiro atoms. The first-order chi connectivity index (χ1) is 11.0. The molecule has 7 heteroatoms. The summed E-state index contributed by atoms with van der Waals surface area (Å²) >= 11 is 5.93. The predicted molar refractivity (Wildman–Crippen MR) is 84.5 cm³/mol. The van der Waals surface area contributed by atoms with E-state index in [0.29, 0.717) is 16.3 Å². The zero-order valence-electron chi connectivity index (χ0n) is 11.9. The second-order valence-corrected chi connectivity index (χ2v) is 5.12. The molecule has 3 N–H and O–H groups in total. The van der Waals surface area contributed by atoms with Gasteiger partial charge in [-0.15, -0.1) is 0 Å². The van der Waals surface area contributed by atoms with Crippen LogP contribution in [0.2, 0.25) is 5.02 Å². The number of aliphatic hydroxyl groups excluding tert-OH is 1. The van der Waals surface area contributed by atoms with E-state index in [0.717, 1.165) is 12.1 Å². The van der Waals surface area contributed by atoms with Gasteiger partial charge < -0.3 is 15.7 Å². The van der Waals surface area contributed by atoms with E-state index in [1.807, 2.05) is 0 Å². The fraction of sp³-hybridized carbons (Fsp3) is 0.125. The quantitative estimate of drug-likeness (QED) is 0.749. The second-order valence-electron chi connectivity index (χ2n) is 4.71. The van der Waals surface area contributed by atoms with Crippen LogP contribution < -0.4 is 10.6 Å². The minimum Gasteiger partial charge on any atom is -0.387 e. The van der Waals surface area contributed by atoms with Crippen LogP contribution in [0.5, 0.6) is 0 Å². The van der Waals surface area contributed by atoms with Gasteiger partial charge in [0.05, 0.1) is 6.10 Å². The van der Waals surface area contributed by atoms with Crippen LogP contribution in [0.4, 0.5) is 10.1 Å². The van der Waals surface area contributed by atoms with Crippen LogP contribution in [0, 0.1) is 5.82 Å². The zero-order chi connectivity index (χ0) is 16.8. The third kappa shape index (κ3) is 4.77. The van der Waals surface area contributed by atoms with Gasteiger partial charge in [-0.2, -0.15) is 0 Å². The summed E-state index contributed by atoms with van der Waals surface area (Å²) in [4.78, 5) is 23.4. The lowest BCUT2D eigenvalue weighted by Crippen LogP contribution is -2.37. The fourth-order valence-electron chi connectivity index (χ4n) is 1.85. The Hall–Kier alpha value is -2.44. The molecule has 2 aromatic carbocycles. The molecule has 23 heavy (non-hydrogen) atoms. The highest BCUT2D eigenvalue weighted by Gasteiger charge is 2.17. The van der Waals surface area contributed by atoms with Crippen molar-refractivity contribution in [3.05, 3.63) is 64.9 Å². The van der Waals surface area contributed by atoms with Gasteiger partial charge in [0.2, 0.25) is 0 Å². The minimum absolute atomic E-state index is 0.167. The number of hydrogen-bond donors (Lipinski definition) is 3. The highest BCUT2D eigenvalue weighted by atomic mass is 35.5. The van der Waals surface area contributed by atoms with Crippen LogP contribution in [0.3, 0.4) is 0 Å². The molecule has 0 aliphatic heterocycles. The molecule has 5 nitrogen and oxygen atoms in total. The highest BCUT2D eigenvalue weighted by molar-refractivity contribution is 6.39. The summed E-state index contributed by atoms with van der Waals surface area (Å²) in [6.07, 6.45) is -1.04. The molecule has 0 heterocycles. The molecule has 0 fully saturated rings. The molecule has 0 unspecified atom stereocenters. The second kappa shape index (κ2) is 7.71. The summed E-state index contributed by atoms with van der Waals surface area (Å²) in [6.45, 7) is -0.167. The summed E-state index contributed by atoms with van der Waals surface area (Å²) in [5.41, 5.74) is 0.742. The molecule has 120 valence electrons. The molecule has 0 aromatic heterocycles. The third-order valence-corrected chi connectivity index (χ3v) is 3.37. The van der Waals surface area contributed by atoms with E-state index in [9.17, 15) is 19.1 Å². The van der Waals surface area contributed by atoms with Crippen LogP contribution in [0.15, 0.2) is 48.5 Å². The summed E-state index contributed by atoms with van der Waals surface area (Å²) in [5.74, 6) is -2.28. The third-order valence-electron chi connectivity index (χ3n) is 3.03. The molecule has 0 aliphatic carbocycles. The number of benzene rings is 2. The minimum atomic E-state index is -1.04. The Kier molecular flexibility index (Phi) is 5.67. The molecule has 2 rings (SSSR count). The van der Waals surface area contributed by atoms with Gasteiger partial charge in [-0.1, -0.05) is 29.8 Å². The van der Waals surface area contributed by atoms with E-state index < -0.39 is 23.7 Å². The van der Waals surface area contributed by atoms with Gasteiger partial charge in [-0.25, -0.2) is 4.39 Å². The van der Waals surface area contributed by atoms with Crippen molar-refractivity contribution >= 4 is 29.1 Å². The SMILES string of the molecule is O=C(NC[C@@H](O)c1ccccc1Cl)C(=O)Nc1ccc(F)cc1. The molecule has 0 bridgehead atoms. The van der Waals surface area contributed by atoms with Crippen LogP contribution in [0.1, 0.15) is 11.7 Å². The summed E-state index contributed by atoms with van der Waals surface area (Å²) in [6, 6.07) is 11.6. The number of rotatable bonds is 4. The normalized spacial score (nSPS) is 11.6. The summed E-state index contributed by atoms with van der Waals surface area (Å²) in [7, 11) is 0. The van der Waals surface area contributed by atoms with Gasteiger partial charge in [-0.05, 0) is 30.3 Å². The number of nitrogens with one attached hydrogen (secondary N) is 2. The first kappa shape index (κ1) is 16.9. The maximum absolute atomic E-state index is 12.8. The number of hydrogen-bond acceptors (Lipinski definition) is 3. The number of carbonyl (C=O) groups is 2. The Morgan fingerprint density at radius 2 is 1.74 bits per heavy atom. The molecule has 2 aromatic rings. The molecular weight excluding hydrogens is 323 g/mol. The Balaban J connectivity index is 1.87. The molecule has 0 saturated heterocycles. The topological polar surface area (TPSA) is 78.4 Å². The molecular formula is C16H14ClFN2O3. The van der Waals surface area contributed by atoms with Gasteiger partial charge in [0.1, 0.15) is 5.82 Å². The average Bonchev–Trinajstić information content (AvgIpc) is 2.54. The van der Waals surface area contributed by atoms with E-state index in [-0.39, 0.29) is 6.54 Å². The number of aliphatic hydroxyl groups is 1. The Morgan fingerprint density at radius 1 is 1.09 bits per heavy atom. The van der Waals surface area contributed by atoms with Gasteiger partial charge in [0, 0.05) is 22.8 Å². The number of amides is 2. The van der Waals surface area contributed by atoms with E-state index in [4.69, 9.17) is 11.6 Å². The maximum atomic E-state index is 12.8. The van der Waals surface area contributed by atoms with Crippen molar-refractivity contribution in [3.63, 3.8) is 0 Å². The first-order valence-corrected chi connectivity index (χ1v) is 7.12. The summed E-state index contributed by atoms with van der Waals surface area (Å²) < 4.78 is 12.8. The van der Waals surface area contributed by atoms with Crippen LogP contribution in [-0.2, 0) is 9.59 Å². The van der Waals surface area contributed by atoms with Gasteiger partial charge in [-0.3, -0.25) is 9.59 Å². The maximum Gasteiger partial charge on any atom is 0.313 e. The standard InChI is InChI=1S/C16H14ClFN2O3/c17-13-4-2-1-3-12(13)14(21)9-19-15(22)16(23)20-11-7-5-10(18)6-8-11/h1-8,14,21H,9H2,(H,19,22)(H,20,23)/t14-/m1/s1. The lowest BCUT2D eigenvalue weighted by atomic mass is 10.1. The smallest absolute Gasteiger partial charge is 0.313 e. The fourth-order valence-corrected chi connectivity index (χ4v) is 2.11. The van der Waals surface area contributed by atoms with Crippen molar-refractivity contribution < 1.29 is 19.1 Å². The lowest BCUT2D eigenvalue weighted by molar-refractivity contribution is -0.136.